The molecule has 1 aliphatic heterocycles. The summed E-state index contributed by atoms with van der Waals surface area (Å²) in [6.45, 7) is 3.07. The Hall–Kier alpha value is -3.38. The first kappa shape index (κ1) is 49.6. The number of allylic oxidation sites excluding steroid dienone is 16. The van der Waals surface area contributed by atoms with Gasteiger partial charge in [0.2, 0.25) is 0 Å². The Labute approximate surface area is 330 Å². The summed E-state index contributed by atoms with van der Waals surface area (Å²) in [4.78, 5) is 25.2. The monoisotopic (exact) mass is 770 g/mol. The van der Waals surface area contributed by atoms with Crippen molar-refractivity contribution in [1.29, 1.82) is 0 Å². The van der Waals surface area contributed by atoms with E-state index < -0.39 is 55.4 Å². The lowest BCUT2D eigenvalue weighted by molar-refractivity contribution is -0.305. The molecule has 10 nitrogen and oxygen atoms in total. The van der Waals surface area contributed by atoms with Crippen LogP contribution in [0.1, 0.15) is 117 Å². The van der Waals surface area contributed by atoms with E-state index in [1.807, 2.05) is 6.08 Å². The van der Waals surface area contributed by atoms with Gasteiger partial charge in [-0.05, 0) is 83.5 Å². The maximum atomic E-state index is 12.7. The molecule has 0 bridgehead atoms. The Morgan fingerprint density at radius 3 is 1.55 bits per heavy atom. The molecule has 4 N–H and O–H groups in total. The van der Waals surface area contributed by atoms with Gasteiger partial charge >= 0.3 is 11.9 Å². The molecule has 55 heavy (non-hydrogen) atoms. The zero-order valence-electron chi connectivity index (χ0n) is 33.4. The average Bonchev–Trinajstić information content (AvgIpc) is 3.18. The van der Waals surface area contributed by atoms with Crippen LogP contribution < -0.4 is 0 Å². The number of esters is 2. The van der Waals surface area contributed by atoms with Gasteiger partial charge < -0.3 is 39.4 Å². The lowest BCUT2D eigenvalue weighted by atomic mass is 9.99. The molecule has 0 saturated carbocycles. The minimum Gasteiger partial charge on any atom is -0.462 e. The van der Waals surface area contributed by atoms with Crippen molar-refractivity contribution in [2.24, 2.45) is 0 Å². The number of unbranched alkanes of at least 4 members (excludes halogenated alkanes) is 4. The molecule has 10 heteroatoms. The highest BCUT2D eigenvalue weighted by Gasteiger charge is 2.44. The first-order valence-corrected chi connectivity index (χ1v) is 20.3. The van der Waals surface area contributed by atoms with Gasteiger partial charge in [0.15, 0.2) is 12.4 Å². The summed E-state index contributed by atoms with van der Waals surface area (Å²) in [6.07, 6.45) is 38.5. The molecule has 1 heterocycles. The summed E-state index contributed by atoms with van der Waals surface area (Å²) in [5.41, 5.74) is 0. The van der Waals surface area contributed by atoms with Crippen molar-refractivity contribution in [2.75, 3.05) is 19.8 Å². The Morgan fingerprint density at radius 2 is 1.04 bits per heavy atom. The third kappa shape index (κ3) is 27.0. The molecule has 1 aliphatic rings. The maximum Gasteiger partial charge on any atom is 0.306 e. The molecular weight excluding hydrogens is 700 g/mol. The third-order valence-electron chi connectivity index (χ3n) is 8.46. The van der Waals surface area contributed by atoms with E-state index in [1.54, 1.807) is 0 Å². The van der Waals surface area contributed by atoms with E-state index >= 15 is 0 Å². The van der Waals surface area contributed by atoms with Crippen LogP contribution in [0.25, 0.3) is 0 Å². The second kappa shape index (κ2) is 35.1. The average molecular weight is 771 g/mol. The fourth-order valence-corrected chi connectivity index (χ4v) is 5.29. The standard InChI is InChI=1S/C45H70O10/c1-3-5-7-9-11-13-15-17-18-19-20-22-24-26-28-30-32-34-41(48)54-38(37-53-45-44(51)43(50)42(49)39(35-46)55-45)36-52-40(47)33-31-29-27-25-23-21-16-14-12-10-8-6-4-2/h5-8,11-14,17-18,20-23,26,28,38-39,42-46,49-51H,3-4,9-10,15-16,19,24-25,27,29-37H2,1-2H3/b7-5-,8-6-,13-11-,14-12-,18-17-,22-20-,23-21-,28-26-/t38-,39-,42+,43?,44?,45-/m1/s1. The van der Waals surface area contributed by atoms with Gasteiger partial charge in [0, 0.05) is 12.8 Å². The molecule has 1 saturated heterocycles. The highest BCUT2D eigenvalue weighted by atomic mass is 16.7. The highest BCUT2D eigenvalue weighted by Crippen LogP contribution is 2.22. The quantitative estimate of drug-likeness (QED) is 0.0310. The highest BCUT2D eigenvalue weighted by molar-refractivity contribution is 5.70. The number of ether oxygens (including phenoxy) is 4. The van der Waals surface area contributed by atoms with Crippen LogP contribution in [0, 0.1) is 0 Å². The zero-order chi connectivity index (χ0) is 40.2. The Balaban J connectivity index is 2.46. The summed E-state index contributed by atoms with van der Waals surface area (Å²) in [5.74, 6) is -0.923. The molecule has 0 aromatic rings. The molecule has 6 atom stereocenters. The smallest absolute Gasteiger partial charge is 0.306 e. The van der Waals surface area contributed by atoms with Crippen molar-refractivity contribution in [2.45, 2.75) is 153 Å². The van der Waals surface area contributed by atoms with E-state index in [0.717, 1.165) is 70.6 Å². The number of aliphatic hydroxyl groups excluding tert-OH is 4. The molecule has 0 aromatic carbocycles. The summed E-state index contributed by atoms with van der Waals surface area (Å²) in [6, 6.07) is 0. The molecular formula is C45H70O10. The third-order valence-corrected chi connectivity index (χ3v) is 8.46. The fourth-order valence-electron chi connectivity index (χ4n) is 5.29. The molecule has 0 spiro atoms. The number of rotatable bonds is 31. The number of carbonyl (C=O) groups excluding carboxylic acids is 2. The van der Waals surface area contributed by atoms with Crippen molar-refractivity contribution < 1.29 is 49.0 Å². The van der Waals surface area contributed by atoms with Gasteiger partial charge in [-0.15, -0.1) is 0 Å². The van der Waals surface area contributed by atoms with Gasteiger partial charge in [-0.3, -0.25) is 9.59 Å². The molecule has 1 rings (SSSR count). The van der Waals surface area contributed by atoms with Crippen molar-refractivity contribution in [1.82, 2.24) is 0 Å². The predicted molar refractivity (Wildman–Crippen MR) is 219 cm³/mol. The van der Waals surface area contributed by atoms with Crippen LogP contribution in [0.3, 0.4) is 0 Å². The van der Waals surface area contributed by atoms with Gasteiger partial charge in [0.1, 0.15) is 31.0 Å². The van der Waals surface area contributed by atoms with Crippen LogP contribution in [0.5, 0.6) is 0 Å². The summed E-state index contributed by atoms with van der Waals surface area (Å²) in [5, 5.41) is 40.0. The van der Waals surface area contributed by atoms with Crippen molar-refractivity contribution in [3.8, 4) is 0 Å². The van der Waals surface area contributed by atoms with Gasteiger partial charge in [-0.25, -0.2) is 0 Å². The second-order valence-electron chi connectivity index (χ2n) is 13.3. The first-order valence-electron chi connectivity index (χ1n) is 20.3. The minimum absolute atomic E-state index is 0.139. The Bertz CT molecular complexity index is 1210. The lowest BCUT2D eigenvalue weighted by Gasteiger charge is -2.39. The Morgan fingerprint density at radius 1 is 0.564 bits per heavy atom. The van der Waals surface area contributed by atoms with E-state index in [2.05, 4.69) is 105 Å². The second-order valence-corrected chi connectivity index (χ2v) is 13.3. The molecule has 2 unspecified atom stereocenters. The predicted octanol–water partition coefficient (Wildman–Crippen LogP) is 7.99. The molecule has 1 fully saturated rings. The largest absolute Gasteiger partial charge is 0.462 e. The van der Waals surface area contributed by atoms with Crippen LogP contribution in [0.2, 0.25) is 0 Å². The van der Waals surface area contributed by atoms with Crippen molar-refractivity contribution >= 4 is 11.9 Å². The summed E-state index contributed by atoms with van der Waals surface area (Å²) in [7, 11) is 0. The number of carbonyl (C=O) groups is 2. The molecule has 0 amide bonds. The SMILES string of the molecule is CC/C=C\C/C=C\C/C=C\C/C=C\C/C=C\CCCC(=O)O[C@H](COC(=O)CCCCC/C=C\C/C=C\C/C=C\CC)CO[C@@H]1O[C@H](CO)[C@H](O)C(O)C1O. The number of hydrogen-bond donors (Lipinski definition) is 4. The molecule has 0 aromatic heterocycles. The van der Waals surface area contributed by atoms with Crippen LogP contribution in [0.15, 0.2) is 97.2 Å². The molecule has 0 radical (unpaired) electrons. The maximum absolute atomic E-state index is 12.7. The van der Waals surface area contributed by atoms with Crippen LogP contribution in [-0.2, 0) is 28.5 Å². The van der Waals surface area contributed by atoms with E-state index in [0.29, 0.717) is 19.3 Å². The molecule has 310 valence electrons. The fraction of sp³-hybridized carbons (Fsp3) is 0.600. The van der Waals surface area contributed by atoms with Gasteiger partial charge in [-0.2, -0.15) is 0 Å². The van der Waals surface area contributed by atoms with E-state index in [-0.39, 0.29) is 26.1 Å². The van der Waals surface area contributed by atoms with E-state index in [9.17, 15) is 30.0 Å². The van der Waals surface area contributed by atoms with Crippen LogP contribution >= 0.6 is 0 Å². The van der Waals surface area contributed by atoms with Crippen molar-refractivity contribution in [3.05, 3.63) is 97.2 Å². The lowest BCUT2D eigenvalue weighted by Crippen LogP contribution is -2.59. The van der Waals surface area contributed by atoms with E-state index in [4.69, 9.17) is 18.9 Å². The van der Waals surface area contributed by atoms with E-state index in [1.165, 1.54) is 0 Å². The van der Waals surface area contributed by atoms with Crippen LogP contribution in [0.4, 0.5) is 0 Å². The topological polar surface area (TPSA) is 152 Å². The summed E-state index contributed by atoms with van der Waals surface area (Å²) < 4.78 is 22.0. The Kier molecular flexibility index (Phi) is 31.6. The number of hydrogen-bond acceptors (Lipinski definition) is 10. The minimum atomic E-state index is -1.61. The first-order chi connectivity index (χ1) is 26.8. The zero-order valence-corrected chi connectivity index (χ0v) is 33.4. The summed E-state index contributed by atoms with van der Waals surface area (Å²) >= 11 is 0. The van der Waals surface area contributed by atoms with Gasteiger partial charge in [-0.1, -0.05) is 117 Å². The number of aliphatic hydroxyl groups is 4. The van der Waals surface area contributed by atoms with Gasteiger partial charge in [0.25, 0.3) is 0 Å². The normalized spacial score (nSPS) is 21.6. The molecule has 0 aliphatic carbocycles. The van der Waals surface area contributed by atoms with Crippen molar-refractivity contribution in [3.63, 3.8) is 0 Å². The van der Waals surface area contributed by atoms with Gasteiger partial charge in [0.05, 0.1) is 13.2 Å². The van der Waals surface area contributed by atoms with Crippen LogP contribution in [-0.4, -0.2) is 89.0 Å².